The van der Waals surface area contributed by atoms with Gasteiger partial charge in [-0.05, 0) is 102 Å². The first kappa shape index (κ1) is 35.7. The summed E-state index contributed by atoms with van der Waals surface area (Å²) in [5, 5.41) is 27.8. The number of benzene rings is 4. The number of fused-ring (bicyclic) bond motifs is 1. The lowest BCUT2D eigenvalue weighted by molar-refractivity contribution is -0.164. The first-order chi connectivity index (χ1) is 23.9. The topological polar surface area (TPSA) is 110 Å². The second-order valence-corrected chi connectivity index (χ2v) is 15.3. The summed E-state index contributed by atoms with van der Waals surface area (Å²) < 4.78 is 11.5. The second kappa shape index (κ2) is 14.7. The average molecular weight is 679 g/mol. The van der Waals surface area contributed by atoms with Crippen molar-refractivity contribution in [3.63, 3.8) is 0 Å². The number of Topliss-reactive ketones (excluding diaryl/α,β-unsaturated/α-hetero) is 1. The predicted octanol–water partition coefficient (Wildman–Crippen LogP) is 8.34. The Labute approximate surface area is 294 Å². The maximum Gasteiger partial charge on any atom is 0.311 e. The number of aliphatic hydroxyl groups is 2. The van der Waals surface area contributed by atoms with E-state index in [0.717, 1.165) is 38.7 Å². The standard InChI is InChI=1S/C43H50O7/c1-6-43(4,5)42(48)50-37-21-25(2)20-30-11-10-26(3)33(40(30)37)19-16-31(44)22-32(45)23-38(47)49-24-36(46)34-17-14-29-13-12-27-8-7-9-28-15-18-35(34)41(29)39(27)28/h7-15,17-18,20,25-26,31-33,37,40,44-45H,6,16,19,21-24H2,1-5H3/t25-,26+,31+,32+,33+,37-,40+/m1/s1. The Morgan fingerprint density at radius 2 is 1.60 bits per heavy atom. The third kappa shape index (κ3) is 7.35. The summed E-state index contributed by atoms with van der Waals surface area (Å²) in [5.41, 5.74) is 1.12. The van der Waals surface area contributed by atoms with Crippen molar-refractivity contribution in [1.82, 2.24) is 0 Å². The van der Waals surface area contributed by atoms with Crippen molar-refractivity contribution in [3.05, 3.63) is 84.0 Å². The number of carbonyl (C=O) groups is 3. The van der Waals surface area contributed by atoms with Gasteiger partial charge in [0.2, 0.25) is 5.78 Å². The van der Waals surface area contributed by atoms with Crippen molar-refractivity contribution in [1.29, 1.82) is 0 Å². The van der Waals surface area contributed by atoms with Crippen LogP contribution in [-0.2, 0) is 19.1 Å². The normalized spacial score (nSPS) is 23.4. The molecule has 0 amide bonds. The molecule has 50 heavy (non-hydrogen) atoms. The van der Waals surface area contributed by atoms with Crippen molar-refractivity contribution >= 4 is 50.0 Å². The van der Waals surface area contributed by atoms with Gasteiger partial charge in [0.15, 0.2) is 6.61 Å². The molecule has 2 aliphatic rings. The summed E-state index contributed by atoms with van der Waals surface area (Å²) in [4.78, 5) is 39.1. The van der Waals surface area contributed by atoms with Gasteiger partial charge in [0.05, 0.1) is 24.0 Å². The number of hydrogen-bond acceptors (Lipinski definition) is 7. The molecule has 7 atom stereocenters. The molecule has 0 bridgehead atoms. The van der Waals surface area contributed by atoms with Gasteiger partial charge in [0.25, 0.3) is 0 Å². The molecule has 7 nitrogen and oxygen atoms in total. The van der Waals surface area contributed by atoms with Crippen LogP contribution in [0.1, 0.15) is 83.5 Å². The van der Waals surface area contributed by atoms with Gasteiger partial charge in [-0.2, -0.15) is 0 Å². The van der Waals surface area contributed by atoms with E-state index >= 15 is 0 Å². The molecule has 0 saturated carbocycles. The maximum absolute atomic E-state index is 13.3. The summed E-state index contributed by atoms with van der Waals surface area (Å²) in [7, 11) is 0. The monoisotopic (exact) mass is 678 g/mol. The lowest BCUT2D eigenvalue weighted by Gasteiger charge is -2.44. The Hall–Kier alpha value is -4.07. The molecule has 0 spiro atoms. The fraction of sp³-hybridized carbons (Fsp3) is 0.465. The Morgan fingerprint density at radius 3 is 2.32 bits per heavy atom. The van der Waals surface area contributed by atoms with Crippen LogP contribution in [0, 0.1) is 29.1 Å². The molecule has 0 aromatic heterocycles. The molecule has 0 radical (unpaired) electrons. The number of hydrogen-bond donors (Lipinski definition) is 2. The van der Waals surface area contributed by atoms with E-state index in [2.05, 4.69) is 50.3 Å². The Bertz CT molecular complexity index is 1920. The quantitative estimate of drug-likeness (QED) is 0.0831. The fourth-order valence-electron chi connectivity index (χ4n) is 8.02. The van der Waals surface area contributed by atoms with Gasteiger partial charge >= 0.3 is 11.9 Å². The van der Waals surface area contributed by atoms with E-state index in [4.69, 9.17) is 9.47 Å². The van der Waals surface area contributed by atoms with Crippen LogP contribution >= 0.6 is 0 Å². The van der Waals surface area contributed by atoms with Crippen LogP contribution in [0.25, 0.3) is 32.3 Å². The molecule has 7 heteroatoms. The molecular weight excluding hydrogens is 628 g/mol. The number of ketones is 1. The highest BCUT2D eigenvalue weighted by atomic mass is 16.5. The van der Waals surface area contributed by atoms with E-state index in [1.165, 1.54) is 5.57 Å². The van der Waals surface area contributed by atoms with Crippen molar-refractivity contribution in [3.8, 4) is 0 Å². The van der Waals surface area contributed by atoms with E-state index in [-0.39, 0.29) is 48.5 Å². The van der Waals surface area contributed by atoms with Crippen LogP contribution in [0.3, 0.4) is 0 Å². The number of ether oxygens (including phenoxy) is 2. The highest BCUT2D eigenvalue weighted by Gasteiger charge is 2.43. The van der Waals surface area contributed by atoms with Crippen molar-refractivity contribution in [2.24, 2.45) is 29.1 Å². The van der Waals surface area contributed by atoms with Crippen LogP contribution < -0.4 is 0 Å². The fourth-order valence-corrected chi connectivity index (χ4v) is 8.02. The molecule has 4 aromatic rings. The van der Waals surface area contributed by atoms with Gasteiger partial charge in [0.1, 0.15) is 6.10 Å². The molecule has 0 fully saturated rings. The molecule has 0 unspecified atom stereocenters. The highest BCUT2D eigenvalue weighted by molar-refractivity contribution is 6.26. The van der Waals surface area contributed by atoms with Gasteiger partial charge in [-0.15, -0.1) is 0 Å². The van der Waals surface area contributed by atoms with Crippen LogP contribution in [0.4, 0.5) is 0 Å². The van der Waals surface area contributed by atoms with E-state index in [0.29, 0.717) is 30.7 Å². The maximum atomic E-state index is 13.3. The Morgan fingerprint density at radius 1 is 0.920 bits per heavy atom. The van der Waals surface area contributed by atoms with E-state index in [1.807, 2.05) is 51.1 Å². The minimum absolute atomic E-state index is 0.0164. The van der Waals surface area contributed by atoms with Crippen molar-refractivity contribution in [2.45, 2.75) is 91.5 Å². The van der Waals surface area contributed by atoms with E-state index in [1.54, 1.807) is 6.07 Å². The summed E-state index contributed by atoms with van der Waals surface area (Å²) in [5.74, 6) is -0.457. The van der Waals surface area contributed by atoms with Crippen molar-refractivity contribution in [2.75, 3.05) is 6.61 Å². The molecule has 0 heterocycles. The molecule has 2 N–H and O–H groups in total. The van der Waals surface area contributed by atoms with Crippen LogP contribution in [0.2, 0.25) is 0 Å². The minimum atomic E-state index is -1.11. The minimum Gasteiger partial charge on any atom is -0.461 e. The molecule has 4 aromatic carbocycles. The number of allylic oxidation sites excluding steroid dienone is 3. The van der Waals surface area contributed by atoms with Gasteiger partial charge < -0.3 is 19.7 Å². The van der Waals surface area contributed by atoms with E-state index < -0.39 is 30.2 Å². The first-order valence-corrected chi connectivity index (χ1v) is 18.2. The zero-order valence-corrected chi connectivity index (χ0v) is 29.9. The van der Waals surface area contributed by atoms with Gasteiger partial charge in [-0.3, -0.25) is 14.4 Å². The Balaban J connectivity index is 1.03. The smallest absolute Gasteiger partial charge is 0.311 e. The highest BCUT2D eigenvalue weighted by Crippen LogP contribution is 2.45. The van der Waals surface area contributed by atoms with Crippen LogP contribution in [-0.4, -0.2) is 52.9 Å². The molecule has 264 valence electrons. The third-order valence-corrected chi connectivity index (χ3v) is 11.3. The molecule has 0 saturated heterocycles. The van der Waals surface area contributed by atoms with Gasteiger partial charge in [-0.25, -0.2) is 0 Å². The van der Waals surface area contributed by atoms with E-state index in [9.17, 15) is 24.6 Å². The SMILES string of the molecule is CCC(C)(C)C(=O)O[C@@H]1C[C@H](C)C=C2C=C[C@H](C)[C@H](CC[C@H](O)C[C@H](O)CC(=O)OCC(=O)c3ccc4ccc5cccc6ccc3c4c56)[C@H]21. The number of aliphatic hydroxyl groups excluding tert-OH is 2. The van der Waals surface area contributed by atoms with Gasteiger partial charge in [-0.1, -0.05) is 93.6 Å². The third-order valence-electron chi connectivity index (χ3n) is 11.3. The summed E-state index contributed by atoms with van der Waals surface area (Å²) in [6.45, 7) is 9.71. The average Bonchev–Trinajstić information content (AvgIpc) is 3.09. The zero-order chi connectivity index (χ0) is 35.7. The van der Waals surface area contributed by atoms with Crippen LogP contribution in [0.5, 0.6) is 0 Å². The van der Waals surface area contributed by atoms with Crippen molar-refractivity contribution < 1.29 is 34.1 Å². The first-order valence-electron chi connectivity index (χ1n) is 18.2. The predicted molar refractivity (Wildman–Crippen MR) is 197 cm³/mol. The molecular formula is C43H50O7. The lowest BCUT2D eigenvalue weighted by Crippen LogP contribution is -2.43. The number of carbonyl (C=O) groups excluding carboxylic acids is 3. The van der Waals surface area contributed by atoms with Crippen LogP contribution in [0.15, 0.2) is 78.4 Å². The molecule has 6 rings (SSSR count). The number of rotatable bonds is 13. The molecule has 0 aliphatic heterocycles. The summed E-state index contributed by atoms with van der Waals surface area (Å²) >= 11 is 0. The largest absolute Gasteiger partial charge is 0.461 e. The summed E-state index contributed by atoms with van der Waals surface area (Å²) in [6.07, 6.45) is 6.73. The second-order valence-electron chi connectivity index (χ2n) is 15.3. The summed E-state index contributed by atoms with van der Waals surface area (Å²) in [6, 6.07) is 17.9. The Kier molecular flexibility index (Phi) is 10.5. The lowest BCUT2D eigenvalue weighted by atomic mass is 9.65. The zero-order valence-electron chi connectivity index (χ0n) is 29.9. The number of esters is 2. The molecule has 2 aliphatic carbocycles. The van der Waals surface area contributed by atoms with Gasteiger partial charge in [0, 0.05) is 11.5 Å².